The van der Waals surface area contributed by atoms with Crippen LogP contribution in [0, 0.1) is 6.92 Å². The molecule has 0 spiro atoms. The summed E-state index contributed by atoms with van der Waals surface area (Å²) < 4.78 is 0. The number of hydrogen-bond donors (Lipinski definition) is 3. The first kappa shape index (κ1) is 11.3. The molecular formula is C8H9N7OS. The fourth-order valence-corrected chi connectivity index (χ4v) is 1.91. The number of H-pyrrole nitrogens is 1. The van der Waals surface area contributed by atoms with Crippen LogP contribution >= 0.6 is 11.8 Å². The molecule has 0 unspecified atom stereocenters. The molecule has 4 N–H and O–H groups in total. The van der Waals surface area contributed by atoms with Gasteiger partial charge in [0.25, 0.3) is 0 Å². The van der Waals surface area contributed by atoms with Crippen LogP contribution in [0.15, 0.2) is 27.6 Å². The Morgan fingerprint density at radius 2 is 2.41 bits per heavy atom. The molecule has 2 heterocycles. The second-order valence-corrected chi connectivity index (χ2v) is 4.00. The second kappa shape index (κ2) is 4.78. The maximum absolute atomic E-state index is 8.65. The van der Waals surface area contributed by atoms with Crippen LogP contribution in [0.25, 0.3) is 0 Å². The van der Waals surface area contributed by atoms with E-state index in [4.69, 9.17) is 10.9 Å². The van der Waals surface area contributed by atoms with Crippen molar-refractivity contribution in [2.75, 3.05) is 0 Å². The van der Waals surface area contributed by atoms with Crippen LogP contribution in [0.1, 0.15) is 11.4 Å². The molecule has 0 aliphatic heterocycles. The number of nitrogens with one attached hydrogen (secondary N) is 1. The molecule has 17 heavy (non-hydrogen) atoms. The van der Waals surface area contributed by atoms with Gasteiger partial charge in [0.2, 0.25) is 5.16 Å². The largest absolute Gasteiger partial charge is 0.409 e. The predicted molar refractivity (Wildman–Crippen MR) is 59.8 cm³/mol. The molecule has 0 radical (unpaired) electrons. The van der Waals surface area contributed by atoms with Gasteiger partial charge in [0.15, 0.2) is 5.84 Å². The lowest BCUT2D eigenvalue weighted by atomic mass is 10.3. The number of amidine groups is 1. The zero-order valence-electron chi connectivity index (χ0n) is 8.82. The van der Waals surface area contributed by atoms with Crippen molar-refractivity contribution in [1.82, 2.24) is 25.4 Å². The van der Waals surface area contributed by atoms with Crippen LogP contribution in [-0.4, -0.2) is 36.4 Å². The predicted octanol–water partition coefficient (Wildman–Crippen LogP) is 0.149. The first-order valence-electron chi connectivity index (χ1n) is 4.57. The Morgan fingerprint density at radius 3 is 3.06 bits per heavy atom. The minimum absolute atomic E-state index is 0.0327. The standard InChI is InChI=1S/C8H9N7OS/c1-4-11-8(14-12-4)17-7-5(6(9)15-16)2-3-10-13-7/h2-3,16H,1H3,(H2,9,15)(H,11,12,14). The summed E-state index contributed by atoms with van der Waals surface area (Å²) in [6.45, 7) is 1.79. The van der Waals surface area contributed by atoms with Crippen LogP contribution in [0.3, 0.4) is 0 Å². The van der Waals surface area contributed by atoms with Gasteiger partial charge in [0, 0.05) is 0 Å². The van der Waals surface area contributed by atoms with Crippen molar-refractivity contribution in [3.63, 3.8) is 0 Å². The molecule has 0 amide bonds. The summed E-state index contributed by atoms with van der Waals surface area (Å²) >= 11 is 1.18. The smallest absolute Gasteiger partial charge is 0.214 e. The highest BCUT2D eigenvalue weighted by Crippen LogP contribution is 2.24. The van der Waals surface area contributed by atoms with Crippen molar-refractivity contribution >= 4 is 17.6 Å². The Bertz CT molecular complexity index is 552. The molecule has 2 rings (SSSR count). The lowest BCUT2D eigenvalue weighted by molar-refractivity contribution is 0.318. The highest BCUT2D eigenvalue weighted by molar-refractivity contribution is 7.99. The van der Waals surface area contributed by atoms with E-state index in [9.17, 15) is 0 Å². The quantitative estimate of drug-likeness (QED) is 0.306. The van der Waals surface area contributed by atoms with Crippen molar-refractivity contribution < 1.29 is 5.21 Å². The summed E-state index contributed by atoms with van der Waals surface area (Å²) in [5.74, 6) is 0.663. The molecule has 0 aromatic carbocycles. The van der Waals surface area contributed by atoms with E-state index < -0.39 is 0 Å². The minimum atomic E-state index is -0.0327. The number of oxime groups is 1. The van der Waals surface area contributed by atoms with Gasteiger partial charge in [-0.2, -0.15) is 5.10 Å². The van der Waals surface area contributed by atoms with E-state index in [0.29, 0.717) is 21.6 Å². The van der Waals surface area contributed by atoms with Gasteiger partial charge in [-0.1, -0.05) is 5.16 Å². The SMILES string of the molecule is Cc1nc(Sc2nnccc2/C(N)=N/O)n[nH]1. The molecular weight excluding hydrogens is 242 g/mol. The van der Waals surface area contributed by atoms with Crippen molar-refractivity contribution in [3.8, 4) is 0 Å². The van der Waals surface area contributed by atoms with E-state index in [2.05, 4.69) is 30.5 Å². The molecule has 8 nitrogen and oxygen atoms in total. The summed E-state index contributed by atoms with van der Waals surface area (Å²) in [5, 5.41) is 26.9. The van der Waals surface area contributed by atoms with Crippen molar-refractivity contribution in [2.24, 2.45) is 10.9 Å². The Kier molecular flexibility index (Phi) is 3.19. The zero-order valence-corrected chi connectivity index (χ0v) is 9.64. The van der Waals surface area contributed by atoms with Gasteiger partial charge in [-0.25, -0.2) is 4.98 Å². The van der Waals surface area contributed by atoms with Gasteiger partial charge in [0.1, 0.15) is 10.9 Å². The van der Waals surface area contributed by atoms with Crippen molar-refractivity contribution in [3.05, 3.63) is 23.7 Å². The summed E-state index contributed by atoms with van der Waals surface area (Å²) in [5.41, 5.74) is 6.01. The topological polar surface area (TPSA) is 126 Å². The number of nitrogens with zero attached hydrogens (tertiary/aromatic N) is 5. The average molecular weight is 251 g/mol. The molecule has 0 saturated carbocycles. The molecule has 0 saturated heterocycles. The first-order valence-corrected chi connectivity index (χ1v) is 5.39. The van der Waals surface area contributed by atoms with Crippen LogP contribution < -0.4 is 5.73 Å². The highest BCUT2D eigenvalue weighted by Gasteiger charge is 2.12. The Labute approximate surface area is 100 Å². The Hall–Kier alpha value is -2.16. The van der Waals surface area contributed by atoms with Gasteiger partial charge in [-0.05, 0) is 24.8 Å². The fourth-order valence-electron chi connectivity index (χ4n) is 1.10. The summed E-state index contributed by atoms with van der Waals surface area (Å²) in [6, 6.07) is 1.60. The summed E-state index contributed by atoms with van der Waals surface area (Å²) in [6.07, 6.45) is 1.46. The Balaban J connectivity index is 2.32. The molecule has 0 bridgehead atoms. The lowest BCUT2D eigenvalue weighted by Gasteiger charge is -2.02. The number of rotatable bonds is 3. The summed E-state index contributed by atoms with van der Waals surface area (Å²) in [7, 11) is 0. The van der Waals surface area contributed by atoms with E-state index in [-0.39, 0.29) is 5.84 Å². The van der Waals surface area contributed by atoms with E-state index >= 15 is 0 Å². The molecule has 0 aliphatic rings. The second-order valence-electron chi connectivity index (χ2n) is 3.04. The first-order chi connectivity index (χ1) is 8.20. The number of aryl methyl sites for hydroxylation is 1. The zero-order chi connectivity index (χ0) is 12.3. The van der Waals surface area contributed by atoms with Gasteiger partial charge < -0.3 is 10.9 Å². The monoisotopic (exact) mass is 251 g/mol. The lowest BCUT2D eigenvalue weighted by Crippen LogP contribution is -2.15. The number of aromatic amines is 1. The van der Waals surface area contributed by atoms with Crippen LogP contribution in [0.5, 0.6) is 0 Å². The summed E-state index contributed by atoms with van der Waals surface area (Å²) in [4.78, 5) is 4.12. The van der Waals surface area contributed by atoms with Crippen LogP contribution in [-0.2, 0) is 0 Å². The molecule has 2 aromatic rings. The van der Waals surface area contributed by atoms with Crippen molar-refractivity contribution in [1.29, 1.82) is 0 Å². The molecule has 0 atom stereocenters. The van der Waals surface area contributed by atoms with Crippen LogP contribution in [0.4, 0.5) is 0 Å². The fraction of sp³-hybridized carbons (Fsp3) is 0.125. The van der Waals surface area contributed by atoms with Gasteiger partial charge in [0.05, 0.1) is 11.8 Å². The number of nitrogens with two attached hydrogens (primary N) is 1. The average Bonchev–Trinajstić information content (AvgIpc) is 2.74. The number of aromatic nitrogens is 5. The third-order valence-electron chi connectivity index (χ3n) is 1.84. The van der Waals surface area contributed by atoms with Crippen LogP contribution in [0.2, 0.25) is 0 Å². The van der Waals surface area contributed by atoms with E-state index in [0.717, 1.165) is 0 Å². The molecule has 0 aliphatic carbocycles. The van der Waals surface area contributed by atoms with Gasteiger partial charge in [-0.3, -0.25) is 5.10 Å². The van der Waals surface area contributed by atoms with Crippen molar-refractivity contribution in [2.45, 2.75) is 17.1 Å². The Morgan fingerprint density at radius 1 is 1.59 bits per heavy atom. The molecule has 2 aromatic heterocycles. The van der Waals surface area contributed by atoms with Gasteiger partial charge in [-0.15, -0.1) is 10.2 Å². The van der Waals surface area contributed by atoms with E-state index in [1.165, 1.54) is 18.0 Å². The third-order valence-corrected chi connectivity index (χ3v) is 2.70. The maximum Gasteiger partial charge on any atom is 0.214 e. The molecule has 88 valence electrons. The van der Waals surface area contributed by atoms with E-state index in [1.54, 1.807) is 13.0 Å². The number of hydrogen-bond acceptors (Lipinski definition) is 7. The normalized spacial score (nSPS) is 11.7. The highest BCUT2D eigenvalue weighted by atomic mass is 32.2. The molecule has 9 heteroatoms. The third kappa shape index (κ3) is 2.50. The molecule has 0 fully saturated rings. The van der Waals surface area contributed by atoms with Gasteiger partial charge >= 0.3 is 0 Å². The minimum Gasteiger partial charge on any atom is -0.409 e. The maximum atomic E-state index is 8.65. The van der Waals surface area contributed by atoms with E-state index in [1.807, 2.05) is 0 Å².